The van der Waals surface area contributed by atoms with E-state index in [-0.39, 0.29) is 18.4 Å². The smallest absolute Gasteiger partial charge is 0.259 e. The van der Waals surface area contributed by atoms with Crippen molar-refractivity contribution in [2.75, 3.05) is 76.1 Å². The predicted octanol–water partition coefficient (Wildman–Crippen LogP) is 4.35. The van der Waals surface area contributed by atoms with Gasteiger partial charge < -0.3 is 19.1 Å². The van der Waals surface area contributed by atoms with Crippen molar-refractivity contribution >= 4 is 44.6 Å². The van der Waals surface area contributed by atoms with E-state index < -0.39 is 0 Å². The van der Waals surface area contributed by atoms with Crippen LogP contribution in [0.15, 0.2) is 47.8 Å². The quantitative estimate of drug-likeness (QED) is 0.310. The number of unbranched alkanes of at least 4 members (excludes halogenated alkanes) is 1. The van der Waals surface area contributed by atoms with Gasteiger partial charge in [0, 0.05) is 61.5 Å². The monoisotopic (exact) mass is 551 g/mol. The highest BCUT2D eigenvalue weighted by atomic mass is 32.1. The van der Waals surface area contributed by atoms with Crippen molar-refractivity contribution in [3.63, 3.8) is 0 Å². The highest BCUT2D eigenvalue weighted by Crippen LogP contribution is 2.33. The molecule has 208 valence electrons. The molecule has 1 saturated heterocycles. The minimum atomic E-state index is -0.360. The number of ether oxygens (including phenoxy) is 3. The van der Waals surface area contributed by atoms with E-state index in [9.17, 15) is 9.59 Å². The molecule has 1 aromatic heterocycles. The van der Waals surface area contributed by atoms with E-state index >= 15 is 0 Å². The zero-order valence-corrected chi connectivity index (χ0v) is 23.4. The molecule has 2 aliphatic heterocycles. The van der Waals surface area contributed by atoms with Crippen LogP contribution in [0.4, 0.5) is 11.4 Å². The minimum absolute atomic E-state index is 0.155. The molecule has 0 saturated carbocycles. The van der Waals surface area contributed by atoms with E-state index in [1.165, 1.54) is 20.7 Å². The van der Waals surface area contributed by atoms with Gasteiger partial charge in [0.1, 0.15) is 12.4 Å². The van der Waals surface area contributed by atoms with Gasteiger partial charge in [0.05, 0.1) is 25.5 Å². The number of hydrogen-bond acceptors (Lipinski definition) is 8. The molecule has 3 aromatic rings. The Kier molecular flexibility index (Phi) is 9.47. The zero-order chi connectivity index (χ0) is 27.0. The number of nitrogens with zero attached hydrogens (tertiary/aromatic N) is 3. The number of rotatable bonds is 12. The average molecular weight is 552 g/mol. The number of thiophene rings is 1. The number of methoxy groups -OCH3 is 1. The lowest BCUT2D eigenvalue weighted by atomic mass is 10.0. The summed E-state index contributed by atoms with van der Waals surface area (Å²) in [7, 11) is 1.58. The van der Waals surface area contributed by atoms with Crippen molar-refractivity contribution in [1.82, 2.24) is 4.90 Å². The van der Waals surface area contributed by atoms with Crippen LogP contribution in [0, 0.1) is 0 Å². The Balaban J connectivity index is 1.06. The Morgan fingerprint density at radius 3 is 2.67 bits per heavy atom. The van der Waals surface area contributed by atoms with E-state index in [0.29, 0.717) is 44.1 Å². The minimum Gasteiger partial charge on any atom is -0.494 e. The summed E-state index contributed by atoms with van der Waals surface area (Å²) in [5.74, 6) is 0.117. The molecule has 9 heteroatoms. The number of anilines is 2. The molecule has 2 amide bonds. The Bertz CT molecular complexity index is 1270. The molecule has 0 bridgehead atoms. The van der Waals surface area contributed by atoms with Crippen LogP contribution in [-0.4, -0.2) is 83.0 Å². The summed E-state index contributed by atoms with van der Waals surface area (Å²) in [6.07, 6.45) is 2.95. The van der Waals surface area contributed by atoms with Gasteiger partial charge in [-0.15, -0.1) is 11.3 Å². The summed E-state index contributed by atoms with van der Waals surface area (Å²) in [5, 5.41) is 3.54. The summed E-state index contributed by atoms with van der Waals surface area (Å²) < 4.78 is 17.7. The second-order valence-corrected chi connectivity index (χ2v) is 10.9. The molecule has 2 aromatic carbocycles. The summed E-state index contributed by atoms with van der Waals surface area (Å²) in [6.45, 7) is 6.44. The van der Waals surface area contributed by atoms with E-state index in [1.54, 1.807) is 18.4 Å². The first kappa shape index (κ1) is 27.6. The molecule has 5 rings (SSSR count). The number of imide groups is 1. The molecular weight excluding hydrogens is 514 g/mol. The van der Waals surface area contributed by atoms with Crippen LogP contribution in [0.25, 0.3) is 10.1 Å². The van der Waals surface area contributed by atoms with Gasteiger partial charge in [0.15, 0.2) is 0 Å². The van der Waals surface area contributed by atoms with Crippen LogP contribution >= 0.6 is 11.3 Å². The molecule has 0 unspecified atom stereocenters. The van der Waals surface area contributed by atoms with Crippen LogP contribution in [0.1, 0.15) is 24.8 Å². The zero-order valence-electron chi connectivity index (χ0n) is 22.6. The van der Waals surface area contributed by atoms with Gasteiger partial charge in [-0.2, -0.15) is 0 Å². The number of carbonyl (C=O) groups is 2. The number of fused-ring (bicyclic) bond motifs is 2. The van der Waals surface area contributed by atoms with E-state index in [1.807, 2.05) is 18.2 Å². The Labute approximate surface area is 234 Å². The summed E-state index contributed by atoms with van der Waals surface area (Å²) in [6, 6.07) is 14.5. The number of benzene rings is 2. The topological polar surface area (TPSA) is 71.5 Å². The third-order valence-corrected chi connectivity index (χ3v) is 8.27. The summed E-state index contributed by atoms with van der Waals surface area (Å²) in [5.41, 5.74) is 2.94. The highest BCUT2D eigenvalue weighted by Gasteiger charge is 2.30. The van der Waals surface area contributed by atoms with Crippen LogP contribution in [0.5, 0.6) is 5.75 Å². The van der Waals surface area contributed by atoms with Gasteiger partial charge in [-0.1, -0.05) is 12.1 Å². The molecule has 3 heterocycles. The number of piperazine rings is 1. The Hall–Kier alpha value is -2.98. The average Bonchev–Trinajstić information content (AvgIpc) is 3.45. The number of amides is 2. The fourth-order valence-corrected chi connectivity index (χ4v) is 6.08. The first-order chi connectivity index (χ1) is 19.1. The number of aryl methyl sites for hydroxylation is 1. The van der Waals surface area contributed by atoms with Crippen LogP contribution < -0.4 is 14.5 Å². The van der Waals surface area contributed by atoms with E-state index in [2.05, 4.69) is 39.4 Å². The lowest BCUT2D eigenvalue weighted by Crippen LogP contribution is -2.46. The molecule has 1 fully saturated rings. The first-order valence-corrected chi connectivity index (χ1v) is 14.6. The van der Waals surface area contributed by atoms with Crippen molar-refractivity contribution in [3.8, 4) is 5.75 Å². The third kappa shape index (κ3) is 6.78. The number of carbonyl (C=O) groups excluding carboxylic acids is 2. The third-order valence-electron chi connectivity index (χ3n) is 7.39. The number of hydrogen-bond donors (Lipinski definition) is 0. The van der Waals surface area contributed by atoms with Crippen LogP contribution in [0.3, 0.4) is 0 Å². The van der Waals surface area contributed by atoms with Crippen LogP contribution in [-0.2, 0) is 25.5 Å². The lowest BCUT2D eigenvalue weighted by molar-refractivity contribution is -0.129. The summed E-state index contributed by atoms with van der Waals surface area (Å²) in [4.78, 5) is 31.6. The van der Waals surface area contributed by atoms with Crippen molar-refractivity contribution in [1.29, 1.82) is 0 Å². The molecule has 0 radical (unpaired) electrons. The maximum atomic E-state index is 12.7. The van der Waals surface area contributed by atoms with Crippen molar-refractivity contribution in [2.45, 2.75) is 25.7 Å². The largest absolute Gasteiger partial charge is 0.494 e. The van der Waals surface area contributed by atoms with Crippen LogP contribution in [0.2, 0.25) is 0 Å². The Morgan fingerprint density at radius 2 is 1.82 bits per heavy atom. The maximum Gasteiger partial charge on any atom is 0.259 e. The van der Waals surface area contributed by atoms with Gasteiger partial charge in [-0.05, 0) is 61.0 Å². The van der Waals surface area contributed by atoms with Crippen molar-refractivity contribution in [2.24, 2.45) is 0 Å². The molecule has 8 nitrogen and oxygen atoms in total. The fourth-order valence-electron chi connectivity index (χ4n) is 5.27. The van der Waals surface area contributed by atoms with E-state index in [4.69, 9.17) is 14.2 Å². The molecule has 0 aliphatic carbocycles. The van der Waals surface area contributed by atoms with Gasteiger partial charge in [-0.25, -0.2) is 4.90 Å². The maximum absolute atomic E-state index is 12.7. The second kappa shape index (κ2) is 13.4. The normalized spacial score (nSPS) is 16.1. The molecule has 2 aliphatic rings. The van der Waals surface area contributed by atoms with Gasteiger partial charge in [0.2, 0.25) is 5.91 Å². The van der Waals surface area contributed by atoms with E-state index in [0.717, 1.165) is 51.1 Å². The second-order valence-electron chi connectivity index (χ2n) is 9.95. The molecule has 0 N–H and O–H groups in total. The first-order valence-electron chi connectivity index (χ1n) is 13.8. The Morgan fingerprint density at radius 1 is 0.949 bits per heavy atom. The molecule has 39 heavy (non-hydrogen) atoms. The van der Waals surface area contributed by atoms with Gasteiger partial charge in [-0.3, -0.25) is 14.5 Å². The molecule has 0 spiro atoms. The van der Waals surface area contributed by atoms with Gasteiger partial charge >= 0.3 is 0 Å². The van der Waals surface area contributed by atoms with Crippen molar-refractivity contribution < 1.29 is 23.8 Å². The molecular formula is C30H37N3O5S. The standard InChI is InChI=1S/C30H37N3O5S/c1-36-18-19-37-22-30(35)33-27-21-24(9-7-23(27)8-10-29(33)34)38-17-3-2-12-31-13-15-32(16-14-31)26-5-4-6-28-25(26)11-20-39-28/h4-7,9,11,20-21H,2-3,8,10,12-19,22H2,1H3. The highest BCUT2D eigenvalue weighted by molar-refractivity contribution is 7.17. The van der Waals surface area contributed by atoms with Gasteiger partial charge in [0.25, 0.3) is 5.91 Å². The fraction of sp³-hybridized carbons (Fsp3) is 0.467. The predicted molar refractivity (Wildman–Crippen MR) is 155 cm³/mol. The molecule has 0 atom stereocenters. The summed E-state index contributed by atoms with van der Waals surface area (Å²) >= 11 is 1.80. The van der Waals surface area contributed by atoms with Crippen molar-refractivity contribution in [3.05, 3.63) is 53.4 Å². The lowest BCUT2D eigenvalue weighted by Gasteiger charge is -2.36. The SMILES string of the molecule is COCCOCC(=O)N1C(=O)CCc2ccc(OCCCCN3CCN(c4cccc5sccc45)CC3)cc21.